The van der Waals surface area contributed by atoms with Crippen LogP contribution in [0.15, 0.2) is 12.1 Å². The number of carbonyl (C=O) groups excluding carboxylic acids is 1. The average Bonchev–Trinajstić information content (AvgIpc) is 3.11. The first-order valence-electron chi connectivity index (χ1n) is 8.05. The van der Waals surface area contributed by atoms with Crippen LogP contribution < -0.4 is 5.32 Å². The van der Waals surface area contributed by atoms with E-state index in [0.29, 0.717) is 5.92 Å². The highest BCUT2D eigenvalue weighted by Gasteiger charge is 2.29. The summed E-state index contributed by atoms with van der Waals surface area (Å²) in [6.45, 7) is 8.98. The minimum Gasteiger partial charge on any atom is -0.444 e. The van der Waals surface area contributed by atoms with Crippen LogP contribution >= 0.6 is 11.3 Å². The zero-order chi connectivity index (χ0) is 16.9. The van der Waals surface area contributed by atoms with Gasteiger partial charge >= 0.3 is 6.09 Å². The lowest BCUT2D eigenvalue weighted by molar-refractivity contribution is 0.0287. The molecule has 1 unspecified atom stereocenters. The van der Waals surface area contributed by atoms with Crippen molar-refractivity contribution in [1.82, 2.24) is 10.2 Å². The van der Waals surface area contributed by atoms with Crippen molar-refractivity contribution in [3.05, 3.63) is 21.9 Å². The fourth-order valence-electron chi connectivity index (χ4n) is 2.61. The van der Waals surface area contributed by atoms with Gasteiger partial charge in [-0.1, -0.05) is 0 Å². The van der Waals surface area contributed by atoms with Crippen molar-refractivity contribution in [1.29, 1.82) is 5.26 Å². The highest BCUT2D eigenvalue weighted by Crippen LogP contribution is 2.21. The predicted molar refractivity (Wildman–Crippen MR) is 91.3 cm³/mol. The van der Waals surface area contributed by atoms with Gasteiger partial charge in [-0.15, -0.1) is 11.3 Å². The topological polar surface area (TPSA) is 65.4 Å². The molecule has 0 aromatic carbocycles. The maximum Gasteiger partial charge on any atom is 0.410 e. The van der Waals surface area contributed by atoms with Crippen LogP contribution in [0.25, 0.3) is 0 Å². The lowest BCUT2D eigenvalue weighted by atomic mass is 10.1. The molecule has 1 atom stereocenters. The number of nitriles is 1. The van der Waals surface area contributed by atoms with Crippen molar-refractivity contribution in [2.45, 2.75) is 45.8 Å². The van der Waals surface area contributed by atoms with Gasteiger partial charge in [0.2, 0.25) is 0 Å². The molecule has 1 saturated heterocycles. The monoisotopic (exact) mass is 335 g/mol. The Balaban J connectivity index is 1.64. The highest BCUT2D eigenvalue weighted by atomic mass is 32.1. The molecule has 0 aliphatic carbocycles. The van der Waals surface area contributed by atoms with Crippen molar-refractivity contribution in [3.8, 4) is 6.07 Å². The van der Waals surface area contributed by atoms with Gasteiger partial charge in [-0.3, -0.25) is 0 Å². The zero-order valence-electron chi connectivity index (χ0n) is 14.1. The maximum absolute atomic E-state index is 12.0. The second-order valence-electron chi connectivity index (χ2n) is 6.92. The van der Waals surface area contributed by atoms with Crippen LogP contribution in [0.1, 0.15) is 43.4 Å². The van der Waals surface area contributed by atoms with Crippen LogP contribution in [-0.4, -0.2) is 36.2 Å². The summed E-state index contributed by atoms with van der Waals surface area (Å²) >= 11 is 1.53. The number of nitrogens with one attached hydrogen (secondary N) is 1. The largest absolute Gasteiger partial charge is 0.444 e. The summed E-state index contributed by atoms with van der Waals surface area (Å²) < 4.78 is 5.41. The van der Waals surface area contributed by atoms with Crippen molar-refractivity contribution >= 4 is 17.4 Å². The Morgan fingerprint density at radius 3 is 2.96 bits per heavy atom. The Morgan fingerprint density at radius 1 is 1.52 bits per heavy atom. The van der Waals surface area contributed by atoms with E-state index in [2.05, 4.69) is 11.4 Å². The second-order valence-corrected chi connectivity index (χ2v) is 8.09. The number of hydrogen-bond donors (Lipinski definition) is 1. The van der Waals surface area contributed by atoms with E-state index < -0.39 is 5.60 Å². The lowest BCUT2D eigenvalue weighted by Gasteiger charge is -2.24. The third-order valence-electron chi connectivity index (χ3n) is 3.74. The van der Waals surface area contributed by atoms with Crippen molar-refractivity contribution in [2.24, 2.45) is 5.92 Å². The summed E-state index contributed by atoms with van der Waals surface area (Å²) in [4.78, 5) is 15.8. The van der Waals surface area contributed by atoms with Gasteiger partial charge in [0, 0.05) is 24.5 Å². The Kier molecular flexibility index (Phi) is 6.03. The van der Waals surface area contributed by atoms with Crippen LogP contribution in [-0.2, 0) is 11.3 Å². The third kappa shape index (κ3) is 5.85. The van der Waals surface area contributed by atoms with Crippen molar-refractivity contribution in [2.75, 3.05) is 19.6 Å². The van der Waals surface area contributed by atoms with Gasteiger partial charge in [-0.25, -0.2) is 4.79 Å². The van der Waals surface area contributed by atoms with Crippen LogP contribution in [0.4, 0.5) is 4.79 Å². The van der Waals surface area contributed by atoms with Crippen LogP contribution in [0, 0.1) is 17.2 Å². The van der Waals surface area contributed by atoms with Gasteiger partial charge in [0.15, 0.2) is 0 Å². The highest BCUT2D eigenvalue weighted by molar-refractivity contribution is 7.12. The smallest absolute Gasteiger partial charge is 0.410 e. The summed E-state index contributed by atoms with van der Waals surface area (Å²) in [5, 5.41) is 12.2. The van der Waals surface area contributed by atoms with E-state index in [4.69, 9.17) is 10.00 Å². The molecule has 5 nitrogen and oxygen atoms in total. The minimum atomic E-state index is -0.431. The van der Waals surface area contributed by atoms with Crippen molar-refractivity contribution in [3.63, 3.8) is 0 Å². The predicted octanol–water partition coefficient (Wildman–Crippen LogP) is 3.36. The Hall–Kier alpha value is -1.58. The number of carbonyl (C=O) groups is 1. The SMILES string of the molecule is CC(C)(C)OC(=O)N1CCC(CCNCc2ccc(C#N)s2)C1. The summed E-state index contributed by atoms with van der Waals surface area (Å²) in [6.07, 6.45) is 1.89. The molecule has 0 bridgehead atoms. The standard InChI is InChI=1S/C17H25N3O2S/c1-17(2,3)22-16(21)20-9-7-13(12-20)6-8-19-11-15-5-4-14(10-18)23-15/h4-5,13,19H,6-9,11-12H2,1-3H3. The van der Waals surface area contributed by atoms with E-state index in [1.165, 1.54) is 16.2 Å². The molecule has 1 N–H and O–H groups in total. The number of nitrogens with zero attached hydrogens (tertiary/aromatic N) is 2. The van der Waals surface area contributed by atoms with Crippen LogP contribution in [0.5, 0.6) is 0 Å². The summed E-state index contributed by atoms with van der Waals surface area (Å²) in [6, 6.07) is 6.01. The normalized spacial score (nSPS) is 18.0. The Morgan fingerprint density at radius 2 is 2.30 bits per heavy atom. The van der Waals surface area contributed by atoms with E-state index in [1.54, 1.807) is 0 Å². The molecule has 1 aliphatic heterocycles. The zero-order valence-corrected chi connectivity index (χ0v) is 14.9. The first-order valence-corrected chi connectivity index (χ1v) is 8.86. The molecule has 0 saturated carbocycles. The van der Waals surface area contributed by atoms with Crippen LogP contribution in [0.2, 0.25) is 0 Å². The van der Waals surface area contributed by atoms with Crippen molar-refractivity contribution < 1.29 is 9.53 Å². The number of ether oxygens (including phenoxy) is 1. The minimum absolute atomic E-state index is 0.199. The average molecular weight is 335 g/mol. The molecule has 1 amide bonds. The number of hydrogen-bond acceptors (Lipinski definition) is 5. The summed E-state index contributed by atoms with van der Waals surface area (Å²) in [7, 11) is 0. The van der Waals surface area contributed by atoms with Gasteiger partial charge < -0.3 is 15.0 Å². The van der Waals surface area contributed by atoms with Gasteiger partial charge in [-0.2, -0.15) is 5.26 Å². The molecule has 2 heterocycles. The molecule has 23 heavy (non-hydrogen) atoms. The molecule has 6 heteroatoms. The number of amides is 1. The van der Waals surface area contributed by atoms with E-state index in [1.807, 2.05) is 37.8 Å². The first-order chi connectivity index (χ1) is 10.9. The molecule has 0 radical (unpaired) electrons. The molecule has 2 rings (SSSR count). The molecule has 1 aromatic heterocycles. The van der Waals surface area contributed by atoms with E-state index in [-0.39, 0.29) is 6.09 Å². The van der Waals surface area contributed by atoms with Crippen LogP contribution in [0.3, 0.4) is 0 Å². The Labute approximate surface area is 142 Å². The molecule has 1 aromatic rings. The van der Waals surface area contributed by atoms with E-state index >= 15 is 0 Å². The molecular weight excluding hydrogens is 310 g/mol. The third-order valence-corrected chi connectivity index (χ3v) is 4.73. The number of thiophene rings is 1. The Bertz CT molecular complexity index is 571. The molecular formula is C17H25N3O2S. The fraction of sp³-hybridized carbons (Fsp3) is 0.647. The molecule has 0 spiro atoms. The molecule has 1 fully saturated rings. The van der Waals surface area contributed by atoms with Gasteiger partial charge in [-0.05, 0) is 58.2 Å². The summed E-state index contributed by atoms with van der Waals surface area (Å²) in [5.41, 5.74) is -0.431. The maximum atomic E-state index is 12.0. The van der Waals surface area contributed by atoms with E-state index in [0.717, 1.165) is 43.9 Å². The molecule has 1 aliphatic rings. The van der Waals surface area contributed by atoms with Gasteiger partial charge in [0.05, 0.1) is 0 Å². The number of likely N-dealkylation sites (tertiary alicyclic amines) is 1. The lowest BCUT2D eigenvalue weighted by Crippen LogP contribution is -2.35. The van der Waals surface area contributed by atoms with E-state index in [9.17, 15) is 4.79 Å². The quantitative estimate of drug-likeness (QED) is 0.838. The first kappa shape index (κ1) is 17.8. The van der Waals surface area contributed by atoms with Gasteiger partial charge in [0.1, 0.15) is 16.5 Å². The second kappa shape index (κ2) is 7.80. The van der Waals surface area contributed by atoms with Gasteiger partial charge in [0.25, 0.3) is 0 Å². The number of rotatable bonds is 5. The fourth-order valence-corrected chi connectivity index (χ4v) is 3.39. The molecule has 126 valence electrons. The summed E-state index contributed by atoms with van der Waals surface area (Å²) in [5.74, 6) is 0.535.